The van der Waals surface area contributed by atoms with Crippen LogP contribution in [0.1, 0.15) is 18.4 Å². The quantitative estimate of drug-likeness (QED) is 0.624. The van der Waals surface area contributed by atoms with E-state index >= 15 is 0 Å². The summed E-state index contributed by atoms with van der Waals surface area (Å²) in [5.41, 5.74) is 2.38. The first-order valence-electron chi connectivity index (χ1n) is 6.01. The molecule has 0 aliphatic heterocycles. The first-order valence-corrected chi connectivity index (χ1v) is 6.01. The average molecular weight is 256 g/mol. The van der Waals surface area contributed by atoms with Gasteiger partial charge in [0, 0.05) is 23.2 Å². The first kappa shape index (κ1) is 13.1. The maximum atomic E-state index is 11.4. The van der Waals surface area contributed by atoms with Crippen molar-refractivity contribution in [2.24, 2.45) is 0 Å². The van der Waals surface area contributed by atoms with Crippen LogP contribution in [0.5, 0.6) is 0 Å². The largest absolute Gasteiger partial charge is 0.454 e. The monoisotopic (exact) mass is 256 g/mol. The third-order valence-corrected chi connectivity index (χ3v) is 2.71. The van der Waals surface area contributed by atoms with Crippen LogP contribution in [0.15, 0.2) is 48.7 Å². The lowest BCUT2D eigenvalue weighted by Crippen LogP contribution is -2.09. The molecule has 2 aromatic rings. The summed E-state index contributed by atoms with van der Waals surface area (Å²) in [6, 6.07) is 9.84. The predicted molar refractivity (Wildman–Crippen MR) is 72.9 cm³/mol. The molecule has 0 spiro atoms. The fourth-order valence-electron chi connectivity index (χ4n) is 1.77. The lowest BCUT2D eigenvalue weighted by molar-refractivity contribution is -0.140. The zero-order valence-corrected chi connectivity index (χ0v) is 11.1. The fraction of sp³-hybridized carbons (Fsp3) is 0.200. The number of imidazole rings is 1. The minimum absolute atomic E-state index is 0.133. The van der Waals surface area contributed by atoms with Gasteiger partial charge in [-0.3, -0.25) is 4.57 Å². The Hall–Kier alpha value is -2.36. The number of benzene rings is 1. The van der Waals surface area contributed by atoms with Gasteiger partial charge in [-0.25, -0.2) is 9.78 Å². The normalized spacial score (nSPS) is 10.2. The van der Waals surface area contributed by atoms with Crippen molar-refractivity contribution >= 4 is 5.97 Å². The van der Waals surface area contributed by atoms with Crippen molar-refractivity contribution in [3.8, 4) is 5.69 Å². The van der Waals surface area contributed by atoms with Gasteiger partial charge < -0.3 is 4.74 Å². The second-order valence-corrected chi connectivity index (χ2v) is 4.34. The molecular formula is C15H16N2O2. The maximum Gasteiger partial charge on any atom is 0.333 e. The van der Waals surface area contributed by atoms with Gasteiger partial charge >= 0.3 is 5.97 Å². The number of hydrogen-bond donors (Lipinski definition) is 0. The van der Waals surface area contributed by atoms with E-state index in [4.69, 9.17) is 4.74 Å². The highest BCUT2D eigenvalue weighted by atomic mass is 16.5. The zero-order chi connectivity index (χ0) is 13.8. The Morgan fingerprint density at radius 1 is 1.37 bits per heavy atom. The SMILES string of the molecule is C=C(C)C(=O)OCc1ncc(C)n1-c1ccccc1. The number of aromatic nitrogens is 2. The summed E-state index contributed by atoms with van der Waals surface area (Å²) < 4.78 is 7.11. The highest BCUT2D eigenvalue weighted by Crippen LogP contribution is 2.15. The molecule has 1 aromatic carbocycles. The Balaban J connectivity index is 2.24. The van der Waals surface area contributed by atoms with E-state index in [0.717, 1.165) is 11.4 Å². The van der Waals surface area contributed by atoms with Gasteiger partial charge in [0.15, 0.2) is 5.82 Å². The Kier molecular flexibility index (Phi) is 3.80. The summed E-state index contributed by atoms with van der Waals surface area (Å²) in [5.74, 6) is 0.290. The Morgan fingerprint density at radius 3 is 2.68 bits per heavy atom. The van der Waals surface area contributed by atoms with E-state index in [1.807, 2.05) is 41.8 Å². The Labute approximate surface area is 112 Å². The molecule has 98 valence electrons. The number of carbonyl (C=O) groups excluding carboxylic acids is 1. The predicted octanol–water partition coefficient (Wildman–Crippen LogP) is 2.80. The van der Waals surface area contributed by atoms with E-state index in [1.54, 1.807) is 13.1 Å². The van der Waals surface area contributed by atoms with E-state index in [2.05, 4.69) is 11.6 Å². The molecule has 4 nitrogen and oxygen atoms in total. The molecule has 2 rings (SSSR count). The summed E-state index contributed by atoms with van der Waals surface area (Å²) in [4.78, 5) is 15.7. The second-order valence-electron chi connectivity index (χ2n) is 4.34. The minimum Gasteiger partial charge on any atom is -0.454 e. The third-order valence-electron chi connectivity index (χ3n) is 2.71. The molecule has 0 N–H and O–H groups in total. The molecule has 4 heteroatoms. The van der Waals surface area contributed by atoms with Gasteiger partial charge in [0.05, 0.1) is 0 Å². The number of nitrogens with zero attached hydrogens (tertiary/aromatic N) is 2. The summed E-state index contributed by atoms with van der Waals surface area (Å²) >= 11 is 0. The van der Waals surface area contributed by atoms with Crippen LogP contribution < -0.4 is 0 Å². The van der Waals surface area contributed by atoms with Crippen molar-refractivity contribution < 1.29 is 9.53 Å². The van der Waals surface area contributed by atoms with Crippen molar-refractivity contribution in [1.82, 2.24) is 9.55 Å². The number of para-hydroxylation sites is 1. The van der Waals surface area contributed by atoms with Crippen molar-refractivity contribution in [1.29, 1.82) is 0 Å². The molecule has 0 bridgehead atoms. The standard InChI is InChI=1S/C15H16N2O2/c1-11(2)15(18)19-10-14-16-9-12(3)17(14)13-7-5-4-6-8-13/h4-9H,1,10H2,2-3H3. The summed E-state index contributed by atoms with van der Waals surface area (Å²) in [6.45, 7) is 7.27. The summed E-state index contributed by atoms with van der Waals surface area (Å²) in [7, 11) is 0. The molecule has 0 aliphatic carbocycles. The van der Waals surface area contributed by atoms with Crippen LogP contribution in [-0.4, -0.2) is 15.5 Å². The average Bonchev–Trinajstić information content (AvgIpc) is 2.78. The van der Waals surface area contributed by atoms with Crippen LogP contribution in [0, 0.1) is 6.92 Å². The zero-order valence-electron chi connectivity index (χ0n) is 11.1. The number of esters is 1. The van der Waals surface area contributed by atoms with Crippen molar-refractivity contribution in [3.63, 3.8) is 0 Å². The Bertz CT molecular complexity index is 600. The summed E-state index contributed by atoms with van der Waals surface area (Å²) in [6.07, 6.45) is 1.76. The number of hydrogen-bond acceptors (Lipinski definition) is 3. The molecular weight excluding hydrogens is 240 g/mol. The molecule has 0 aliphatic rings. The van der Waals surface area contributed by atoms with E-state index in [9.17, 15) is 4.79 Å². The molecule has 0 saturated heterocycles. The first-order chi connectivity index (χ1) is 9.09. The third kappa shape index (κ3) is 2.91. The molecule has 1 aromatic heterocycles. The lowest BCUT2D eigenvalue weighted by Gasteiger charge is -2.10. The molecule has 0 atom stereocenters. The molecule has 0 fully saturated rings. The topological polar surface area (TPSA) is 44.1 Å². The van der Waals surface area contributed by atoms with Crippen LogP contribution in [0.25, 0.3) is 5.69 Å². The number of carbonyl (C=O) groups is 1. The fourth-order valence-corrected chi connectivity index (χ4v) is 1.77. The minimum atomic E-state index is -0.403. The van der Waals surface area contributed by atoms with Gasteiger partial charge in [-0.05, 0) is 26.0 Å². The molecule has 19 heavy (non-hydrogen) atoms. The van der Waals surface area contributed by atoms with Gasteiger partial charge in [-0.1, -0.05) is 24.8 Å². The van der Waals surface area contributed by atoms with E-state index in [0.29, 0.717) is 11.4 Å². The van der Waals surface area contributed by atoms with Gasteiger partial charge in [-0.15, -0.1) is 0 Å². The van der Waals surface area contributed by atoms with Gasteiger partial charge in [0.2, 0.25) is 0 Å². The van der Waals surface area contributed by atoms with Crippen LogP contribution in [0.4, 0.5) is 0 Å². The van der Waals surface area contributed by atoms with E-state index < -0.39 is 5.97 Å². The van der Waals surface area contributed by atoms with Crippen molar-refractivity contribution in [2.75, 3.05) is 0 Å². The van der Waals surface area contributed by atoms with Gasteiger partial charge in [0.1, 0.15) is 6.61 Å². The van der Waals surface area contributed by atoms with Crippen LogP contribution in [0.3, 0.4) is 0 Å². The maximum absolute atomic E-state index is 11.4. The number of ether oxygens (including phenoxy) is 1. The lowest BCUT2D eigenvalue weighted by atomic mass is 10.3. The van der Waals surface area contributed by atoms with E-state index in [-0.39, 0.29) is 6.61 Å². The van der Waals surface area contributed by atoms with Crippen LogP contribution in [-0.2, 0) is 16.1 Å². The summed E-state index contributed by atoms with van der Waals surface area (Å²) in [5, 5.41) is 0. The van der Waals surface area contributed by atoms with E-state index in [1.165, 1.54) is 0 Å². The molecule has 1 heterocycles. The second kappa shape index (κ2) is 5.52. The van der Waals surface area contributed by atoms with Crippen LogP contribution in [0.2, 0.25) is 0 Å². The molecule has 0 amide bonds. The van der Waals surface area contributed by atoms with Gasteiger partial charge in [0.25, 0.3) is 0 Å². The smallest absolute Gasteiger partial charge is 0.333 e. The van der Waals surface area contributed by atoms with Crippen molar-refractivity contribution in [2.45, 2.75) is 20.5 Å². The highest BCUT2D eigenvalue weighted by molar-refractivity contribution is 5.86. The molecule has 0 unspecified atom stereocenters. The van der Waals surface area contributed by atoms with Crippen molar-refractivity contribution in [3.05, 3.63) is 60.2 Å². The highest BCUT2D eigenvalue weighted by Gasteiger charge is 2.11. The van der Waals surface area contributed by atoms with Gasteiger partial charge in [-0.2, -0.15) is 0 Å². The Morgan fingerprint density at radius 2 is 2.05 bits per heavy atom. The molecule has 0 radical (unpaired) electrons. The number of rotatable bonds is 4. The molecule has 0 saturated carbocycles. The van der Waals surface area contributed by atoms with Crippen LogP contribution >= 0.6 is 0 Å². The number of aryl methyl sites for hydroxylation is 1.